The molecular formula is C10H22N2O. The molecule has 1 unspecified atom stereocenters. The Morgan fingerprint density at radius 2 is 2.23 bits per heavy atom. The summed E-state index contributed by atoms with van der Waals surface area (Å²) in [6, 6.07) is 0.532. The maximum atomic E-state index is 10.2. The van der Waals surface area contributed by atoms with Crippen LogP contribution in [0.2, 0.25) is 0 Å². The Morgan fingerprint density at radius 1 is 1.54 bits per heavy atom. The summed E-state index contributed by atoms with van der Waals surface area (Å²) >= 11 is 0. The lowest BCUT2D eigenvalue weighted by Gasteiger charge is -2.41. The third-order valence-corrected chi connectivity index (χ3v) is 2.92. The molecule has 1 aliphatic heterocycles. The second-order valence-corrected chi connectivity index (χ2v) is 4.43. The maximum Gasteiger partial charge on any atom is 0.0786 e. The van der Waals surface area contributed by atoms with Crippen molar-refractivity contribution >= 4 is 0 Å². The van der Waals surface area contributed by atoms with Crippen molar-refractivity contribution in [1.82, 2.24) is 4.90 Å². The Balaban J connectivity index is 2.49. The van der Waals surface area contributed by atoms with Crippen molar-refractivity contribution in [3.8, 4) is 0 Å². The molecule has 1 atom stereocenters. The lowest BCUT2D eigenvalue weighted by Crippen LogP contribution is -2.51. The van der Waals surface area contributed by atoms with Gasteiger partial charge in [0.05, 0.1) is 5.60 Å². The van der Waals surface area contributed by atoms with Crippen LogP contribution in [0.4, 0.5) is 0 Å². The highest BCUT2D eigenvalue weighted by atomic mass is 16.3. The Kier molecular flexibility index (Phi) is 3.71. The number of nitrogens with zero attached hydrogens (tertiary/aromatic N) is 1. The molecule has 0 aromatic heterocycles. The Labute approximate surface area is 80.9 Å². The van der Waals surface area contributed by atoms with Gasteiger partial charge in [-0.05, 0) is 46.2 Å². The van der Waals surface area contributed by atoms with Gasteiger partial charge in [-0.2, -0.15) is 0 Å². The van der Waals surface area contributed by atoms with E-state index in [0.717, 1.165) is 32.4 Å². The zero-order valence-electron chi connectivity index (χ0n) is 8.79. The number of nitrogens with two attached hydrogens (primary N) is 1. The number of aliphatic hydroxyl groups is 1. The first-order valence-electron chi connectivity index (χ1n) is 5.24. The average molecular weight is 186 g/mol. The maximum absolute atomic E-state index is 10.2. The largest absolute Gasteiger partial charge is 0.389 e. The van der Waals surface area contributed by atoms with E-state index < -0.39 is 5.60 Å². The van der Waals surface area contributed by atoms with E-state index in [-0.39, 0.29) is 0 Å². The van der Waals surface area contributed by atoms with E-state index in [1.54, 1.807) is 0 Å². The highest BCUT2D eigenvalue weighted by molar-refractivity contribution is 4.88. The van der Waals surface area contributed by atoms with Gasteiger partial charge in [-0.15, -0.1) is 0 Å². The lowest BCUT2D eigenvalue weighted by molar-refractivity contribution is -0.0435. The molecule has 0 radical (unpaired) electrons. The normalized spacial score (nSPS) is 31.2. The lowest BCUT2D eigenvalue weighted by atomic mass is 9.89. The van der Waals surface area contributed by atoms with Gasteiger partial charge in [-0.3, -0.25) is 4.90 Å². The van der Waals surface area contributed by atoms with E-state index in [1.165, 1.54) is 0 Å². The van der Waals surface area contributed by atoms with Gasteiger partial charge < -0.3 is 10.8 Å². The fourth-order valence-electron chi connectivity index (χ4n) is 2.06. The molecule has 3 N–H and O–H groups in total. The summed E-state index contributed by atoms with van der Waals surface area (Å²) in [6.07, 6.45) is 2.73. The smallest absolute Gasteiger partial charge is 0.0786 e. The molecule has 1 saturated heterocycles. The third kappa shape index (κ3) is 2.93. The first-order valence-corrected chi connectivity index (χ1v) is 5.24. The van der Waals surface area contributed by atoms with Crippen molar-refractivity contribution in [2.75, 3.05) is 19.6 Å². The predicted molar refractivity (Wildman–Crippen MR) is 54.6 cm³/mol. The van der Waals surface area contributed by atoms with Crippen LogP contribution in [0.3, 0.4) is 0 Å². The molecule has 3 nitrogen and oxygen atoms in total. The number of β-amino-alcohol motifs (C(OH)–C–C–N with tert-alkyl or cyclic N) is 1. The van der Waals surface area contributed by atoms with Gasteiger partial charge in [0, 0.05) is 12.6 Å². The molecule has 1 heterocycles. The molecular weight excluding hydrogens is 164 g/mol. The first-order chi connectivity index (χ1) is 6.07. The van der Waals surface area contributed by atoms with E-state index >= 15 is 0 Å². The Hall–Kier alpha value is -0.120. The molecule has 1 aliphatic rings. The van der Waals surface area contributed by atoms with Crippen molar-refractivity contribution in [3.05, 3.63) is 0 Å². The van der Waals surface area contributed by atoms with E-state index in [0.29, 0.717) is 12.6 Å². The molecule has 13 heavy (non-hydrogen) atoms. The summed E-state index contributed by atoms with van der Waals surface area (Å²) in [5.74, 6) is 0. The van der Waals surface area contributed by atoms with Gasteiger partial charge in [0.2, 0.25) is 0 Å². The average Bonchev–Trinajstić information content (AvgIpc) is 2.04. The highest BCUT2D eigenvalue weighted by Gasteiger charge is 2.32. The van der Waals surface area contributed by atoms with Gasteiger partial charge in [0.1, 0.15) is 0 Å². The monoisotopic (exact) mass is 186 g/mol. The molecule has 0 aromatic rings. The van der Waals surface area contributed by atoms with Gasteiger partial charge in [-0.1, -0.05) is 0 Å². The second kappa shape index (κ2) is 4.40. The van der Waals surface area contributed by atoms with Crippen LogP contribution in [0, 0.1) is 0 Å². The fraction of sp³-hybridized carbons (Fsp3) is 1.00. The summed E-state index contributed by atoms with van der Waals surface area (Å²) in [5, 5.41) is 10.2. The topological polar surface area (TPSA) is 49.5 Å². The van der Waals surface area contributed by atoms with Gasteiger partial charge in [0.25, 0.3) is 0 Å². The number of rotatable bonds is 3. The molecule has 3 heteroatoms. The minimum absolute atomic E-state index is 0.517. The van der Waals surface area contributed by atoms with Crippen LogP contribution >= 0.6 is 0 Å². The number of piperidine rings is 1. The number of likely N-dealkylation sites (tertiary alicyclic amines) is 1. The van der Waals surface area contributed by atoms with Gasteiger partial charge >= 0.3 is 0 Å². The van der Waals surface area contributed by atoms with Crippen LogP contribution in [0.25, 0.3) is 0 Å². The van der Waals surface area contributed by atoms with Crippen LogP contribution in [0.5, 0.6) is 0 Å². The Bertz CT molecular complexity index is 157. The molecule has 0 aromatic carbocycles. The highest BCUT2D eigenvalue weighted by Crippen LogP contribution is 2.24. The van der Waals surface area contributed by atoms with E-state index in [4.69, 9.17) is 5.73 Å². The van der Waals surface area contributed by atoms with Crippen LogP contribution in [-0.2, 0) is 0 Å². The predicted octanol–water partition coefficient (Wildman–Crippen LogP) is 0.570. The van der Waals surface area contributed by atoms with Crippen molar-refractivity contribution in [2.24, 2.45) is 5.73 Å². The fourth-order valence-corrected chi connectivity index (χ4v) is 2.06. The minimum Gasteiger partial charge on any atom is -0.389 e. The number of hydrogen-bond donors (Lipinski definition) is 2. The molecule has 1 fully saturated rings. The summed E-state index contributed by atoms with van der Waals surface area (Å²) in [5.41, 5.74) is 4.97. The van der Waals surface area contributed by atoms with Crippen LogP contribution < -0.4 is 5.73 Å². The quantitative estimate of drug-likeness (QED) is 0.677. The van der Waals surface area contributed by atoms with E-state index in [2.05, 4.69) is 18.7 Å². The Morgan fingerprint density at radius 3 is 2.77 bits per heavy atom. The third-order valence-electron chi connectivity index (χ3n) is 2.92. The summed E-state index contributed by atoms with van der Waals surface area (Å²) in [7, 11) is 0. The van der Waals surface area contributed by atoms with E-state index in [1.807, 2.05) is 0 Å². The molecule has 0 saturated carbocycles. The molecule has 78 valence electrons. The zero-order valence-corrected chi connectivity index (χ0v) is 8.79. The molecule has 1 rings (SSSR count). The minimum atomic E-state index is -0.517. The summed E-state index contributed by atoms with van der Waals surface area (Å²) < 4.78 is 0. The summed E-state index contributed by atoms with van der Waals surface area (Å²) in [6.45, 7) is 6.84. The van der Waals surface area contributed by atoms with Crippen LogP contribution in [0.15, 0.2) is 0 Å². The van der Waals surface area contributed by atoms with E-state index in [9.17, 15) is 5.11 Å². The number of hydrogen-bond acceptors (Lipinski definition) is 3. The first kappa shape index (κ1) is 11.0. The second-order valence-electron chi connectivity index (χ2n) is 4.43. The van der Waals surface area contributed by atoms with Crippen molar-refractivity contribution in [2.45, 2.75) is 44.8 Å². The molecule has 0 amide bonds. The zero-order chi connectivity index (χ0) is 9.90. The van der Waals surface area contributed by atoms with Crippen LogP contribution in [0.1, 0.15) is 33.1 Å². The van der Waals surface area contributed by atoms with Crippen molar-refractivity contribution < 1.29 is 5.11 Å². The van der Waals surface area contributed by atoms with Crippen molar-refractivity contribution in [1.29, 1.82) is 0 Å². The summed E-state index contributed by atoms with van der Waals surface area (Å²) in [4.78, 5) is 2.33. The SMILES string of the molecule is CC(C)N1CCCC(O)(CCN)C1. The van der Waals surface area contributed by atoms with Crippen molar-refractivity contribution in [3.63, 3.8) is 0 Å². The molecule has 0 bridgehead atoms. The van der Waals surface area contributed by atoms with Gasteiger partial charge in [0.15, 0.2) is 0 Å². The van der Waals surface area contributed by atoms with Crippen LogP contribution in [-0.4, -0.2) is 41.3 Å². The standard InChI is InChI=1S/C10H22N2O/c1-9(2)12-7-3-4-10(13,8-12)5-6-11/h9,13H,3-8,11H2,1-2H3. The van der Waals surface area contributed by atoms with Gasteiger partial charge in [-0.25, -0.2) is 0 Å². The molecule has 0 spiro atoms. The molecule has 0 aliphatic carbocycles.